The van der Waals surface area contributed by atoms with Gasteiger partial charge in [-0.1, -0.05) is 41.7 Å². The molecule has 1 radical (unpaired) electrons. The van der Waals surface area contributed by atoms with Crippen LogP contribution in [0.5, 0.6) is 0 Å². The first-order valence-electron chi connectivity index (χ1n) is 3.50. The van der Waals surface area contributed by atoms with E-state index in [0.29, 0.717) is 15.1 Å². The van der Waals surface area contributed by atoms with Gasteiger partial charge in [-0.15, -0.1) is 0 Å². The Bertz CT molecular complexity index is 269. The number of benzene rings is 1. The van der Waals surface area contributed by atoms with Gasteiger partial charge in [0, 0.05) is 15.1 Å². The van der Waals surface area contributed by atoms with Crippen LogP contribution in [0.3, 0.4) is 0 Å². The van der Waals surface area contributed by atoms with Crippen molar-refractivity contribution >= 4 is 34.8 Å². The first-order valence-corrected chi connectivity index (χ1v) is 4.63. The molecule has 1 unspecified atom stereocenters. The Morgan fingerprint density at radius 3 is 1.92 bits per heavy atom. The molecule has 1 rings (SSSR count). The van der Waals surface area contributed by atoms with Crippen LogP contribution in [-0.4, -0.2) is 0 Å². The van der Waals surface area contributed by atoms with Crippen molar-refractivity contribution in [2.45, 2.75) is 12.8 Å². The lowest BCUT2D eigenvalue weighted by molar-refractivity contribution is 0.965. The van der Waals surface area contributed by atoms with Crippen LogP contribution in [-0.2, 0) is 0 Å². The van der Waals surface area contributed by atoms with E-state index in [4.69, 9.17) is 34.8 Å². The topological polar surface area (TPSA) is 0 Å². The van der Waals surface area contributed by atoms with Crippen molar-refractivity contribution in [1.82, 2.24) is 0 Å². The van der Waals surface area contributed by atoms with Gasteiger partial charge in [0.2, 0.25) is 0 Å². The second kappa shape index (κ2) is 3.87. The van der Waals surface area contributed by atoms with Crippen LogP contribution in [0.4, 0.5) is 0 Å². The predicted octanol–water partition coefficient (Wildman–Crippen LogP) is 4.58. The molecule has 0 aliphatic heterocycles. The summed E-state index contributed by atoms with van der Waals surface area (Å²) in [6.07, 6.45) is 0. The van der Waals surface area contributed by atoms with E-state index in [2.05, 4.69) is 6.92 Å². The highest BCUT2D eigenvalue weighted by Gasteiger charge is 2.10. The van der Waals surface area contributed by atoms with Crippen LogP contribution in [0.15, 0.2) is 12.1 Å². The van der Waals surface area contributed by atoms with Gasteiger partial charge in [-0.3, -0.25) is 0 Å². The second-order valence-corrected chi connectivity index (χ2v) is 3.93. The molecule has 0 amide bonds. The standard InChI is InChI=1S/C9H8Cl3/c1-5(2)9-7(11)3-6(10)4-8(9)12/h3-5H,1H2,2H3. The Balaban J connectivity index is 3.28. The zero-order valence-corrected chi connectivity index (χ0v) is 8.84. The monoisotopic (exact) mass is 221 g/mol. The van der Waals surface area contributed by atoms with Crippen molar-refractivity contribution < 1.29 is 0 Å². The summed E-state index contributed by atoms with van der Waals surface area (Å²) in [7, 11) is 0. The summed E-state index contributed by atoms with van der Waals surface area (Å²) in [4.78, 5) is 0. The molecule has 0 spiro atoms. The van der Waals surface area contributed by atoms with Gasteiger partial charge in [-0.05, 0) is 30.5 Å². The summed E-state index contributed by atoms with van der Waals surface area (Å²) in [5.41, 5.74) is 0.850. The molecule has 65 valence electrons. The molecule has 0 aliphatic rings. The maximum atomic E-state index is 5.92. The van der Waals surface area contributed by atoms with E-state index >= 15 is 0 Å². The first kappa shape index (κ1) is 10.2. The van der Waals surface area contributed by atoms with Crippen LogP contribution in [0.1, 0.15) is 18.4 Å². The molecule has 0 aliphatic carbocycles. The van der Waals surface area contributed by atoms with Crippen molar-refractivity contribution in [1.29, 1.82) is 0 Å². The van der Waals surface area contributed by atoms with Crippen LogP contribution in [0, 0.1) is 6.92 Å². The Kier molecular flexibility index (Phi) is 3.28. The minimum Gasteiger partial charge on any atom is -0.0842 e. The second-order valence-electron chi connectivity index (χ2n) is 2.68. The summed E-state index contributed by atoms with van der Waals surface area (Å²) in [6.45, 7) is 5.78. The van der Waals surface area contributed by atoms with Crippen molar-refractivity contribution in [2.75, 3.05) is 0 Å². The van der Waals surface area contributed by atoms with Crippen molar-refractivity contribution in [3.63, 3.8) is 0 Å². The molecule has 0 fully saturated rings. The third kappa shape index (κ3) is 2.07. The Morgan fingerprint density at radius 2 is 1.58 bits per heavy atom. The fourth-order valence-corrected chi connectivity index (χ4v) is 2.21. The van der Waals surface area contributed by atoms with Crippen molar-refractivity contribution in [2.24, 2.45) is 0 Å². The highest BCUT2D eigenvalue weighted by molar-refractivity contribution is 6.39. The SMILES string of the molecule is [CH2]C(C)c1c(Cl)cc(Cl)cc1Cl. The molecular weight excluding hydrogens is 214 g/mol. The Hall–Kier alpha value is 0.0900. The van der Waals surface area contributed by atoms with Gasteiger partial charge >= 0.3 is 0 Å². The van der Waals surface area contributed by atoms with E-state index in [0.717, 1.165) is 5.56 Å². The van der Waals surface area contributed by atoms with Gasteiger partial charge in [0.1, 0.15) is 0 Å². The third-order valence-corrected chi connectivity index (χ3v) is 2.38. The summed E-state index contributed by atoms with van der Waals surface area (Å²) < 4.78 is 0. The largest absolute Gasteiger partial charge is 0.0842 e. The van der Waals surface area contributed by atoms with E-state index in [1.165, 1.54) is 0 Å². The maximum absolute atomic E-state index is 5.92. The quantitative estimate of drug-likeness (QED) is 0.652. The first-order chi connectivity index (χ1) is 5.52. The summed E-state index contributed by atoms with van der Waals surface area (Å²) in [5.74, 6) is 0.0715. The molecule has 0 saturated carbocycles. The maximum Gasteiger partial charge on any atom is 0.0470 e. The third-order valence-electron chi connectivity index (χ3n) is 1.54. The van der Waals surface area contributed by atoms with E-state index in [9.17, 15) is 0 Å². The molecule has 1 aromatic rings. The van der Waals surface area contributed by atoms with Gasteiger partial charge in [0.15, 0.2) is 0 Å². The Labute approximate surface area is 87.4 Å². The number of hydrogen-bond donors (Lipinski definition) is 0. The molecule has 0 aromatic heterocycles. The number of hydrogen-bond acceptors (Lipinski definition) is 0. The van der Waals surface area contributed by atoms with Crippen LogP contribution < -0.4 is 0 Å². The highest BCUT2D eigenvalue weighted by Crippen LogP contribution is 2.33. The smallest absolute Gasteiger partial charge is 0.0470 e. The summed E-state index contributed by atoms with van der Waals surface area (Å²) in [5, 5.41) is 1.71. The Morgan fingerprint density at radius 1 is 1.17 bits per heavy atom. The van der Waals surface area contributed by atoms with E-state index in [1.54, 1.807) is 12.1 Å². The van der Waals surface area contributed by atoms with E-state index < -0.39 is 0 Å². The minimum absolute atomic E-state index is 0.0715. The fraction of sp³-hybridized carbons (Fsp3) is 0.222. The molecule has 1 atom stereocenters. The zero-order chi connectivity index (χ0) is 9.30. The average molecular weight is 223 g/mol. The lowest BCUT2D eigenvalue weighted by atomic mass is 10.0. The molecule has 0 N–H and O–H groups in total. The molecule has 0 nitrogen and oxygen atoms in total. The zero-order valence-electron chi connectivity index (χ0n) is 6.57. The molecule has 3 heteroatoms. The molecule has 0 bridgehead atoms. The van der Waals surface area contributed by atoms with E-state index in [1.807, 2.05) is 6.92 Å². The normalized spacial score (nSPS) is 10.8. The lowest BCUT2D eigenvalue weighted by Crippen LogP contribution is -1.90. The fourth-order valence-electron chi connectivity index (χ4n) is 1.02. The van der Waals surface area contributed by atoms with Gasteiger partial charge in [0.05, 0.1) is 0 Å². The van der Waals surface area contributed by atoms with Crippen LogP contribution >= 0.6 is 34.8 Å². The molecule has 0 saturated heterocycles. The number of halogens is 3. The predicted molar refractivity (Wildman–Crippen MR) is 55.2 cm³/mol. The van der Waals surface area contributed by atoms with E-state index in [-0.39, 0.29) is 5.92 Å². The van der Waals surface area contributed by atoms with Gasteiger partial charge in [-0.25, -0.2) is 0 Å². The molecule has 0 heterocycles. The summed E-state index contributed by atoms with van der Waals surface area (Å²) in [6, 6.07) is 3.35. The molecule has 12 heavy (non-hydrogen) atoms. The highest BCUT2D eigenvalue weighted by atomic mass is 35.5. The summed E-state index contributed by atoms with van der Waals surface area (Å²) >= 11 is 17.6. The average Bonchev–Trinajstić information content (AvgIpc) is 1.82. The van der Waals surface area contributed by atoms with Crippen molar-refractivity contribution in [3.05, 3.63) is 39.7 Å². The number of rotatable bonds is 1. The minimum atomic E-state index is 0.0715. The van der Waals surface area contributed by atoms with Crippen LogP contribution in [0.25, 0.3) is 0 Å². The van der Waals surface area contributed by atoms with Crippen molar-refractivity contribution in [3.8, 4) is 0 Å². The van der Waals surface area contributed by atoms with Gasteiger partial charge in [0.25, 0.3) is 0 Å². The lowest BCUT2D eigenvalue weighted by Gasteiger charge is -2.10. The van der Waals surface area contributed by atoms with Gasteiger partial charge in [-0.2, -0.15) is 0 Å². The molecule has 1 aromatic carbocycles. The van der Waals surface area contributed by atoms with Crippen LogP contribution in [0.2, 0.25) is 15.1 Å². The van der Waals surface area contributed by atoms with Gasteiger partial charge < -0.3 is 0 Å². The molecular formula is C9H8Cl3.